The number of benzene rings is 2. The predicted octanol–water partition coefficient (Wildman–Crippen LogP) is 3.96. The Morgan fingerprint density at radius 1 is 1.20 bits per heavy atom. The second kappa shape index (κ2) is 8.39. The van der Waals surface area contributed by atoms with Gasteiger partial charge in [-0.05, 0) is 37.3 Å². The summed E-state index contributed by atoms with van der Waals surface area (Å²) in [5.41, 5.74) is 1.10. The minimum atomic E-state index is -1.08. The van der Waals surface area contributed by atoms with Gasteiger partial charge in [-0.1, -0.05) is 17.7 Å². The molecule has 1 N–H and O–H groups in total. The maximum absolute atomic E-state index is 11.1. The van der Waals surface area contributed by atoms with E-state index < -0.39 is 12.1 Å². The van der Waals surface area contributed by atoms with E-state index in [4.69, 9.17) is 30.9 Å². The van der Waals surface area contributed by atoms with Crippen molar-refractivity contribution < 1.29 is 24.1 Å². The van der Waals surface area contributed by atoms with E-state index in [9.17, 15) is 4.79 Å². The molecule has 132 valence electrons. The maximum Gasteiger partial charge on any atom is 0.344 e. The molecule has 2 aromatic rings. The number of carboxylic acid groups (broad SMARTS) is 1. The van der Waals surface area contributed by atoms with Crippen molar-refractivity contribution >= 4 is 29.5 Å². The van der Waals surface area contributed by atoms with Crippen molar-refractivity contribution in [2.45, 2.75) is 13.0 Å². The molecule has 0 aromatic heterocycles. The summed E-state index contributed by atoms with van der Waals surface area (Å²) < 4.78 is 16.0. The Morgan fingerprint density at radius 2 is 1.92 bits per heavy atom. The molecule has 1 atom stereocenters. The second-order valence-corrected chi connectivity index (χ2v) is 5.49. The highest BCUT2D eigenvalue weighted by molar-refractivity contribution is 6.30. The number of ether oxygens (including phenoxy) is 3. The fraction of sp³-hybridized carbons (Fsp3) is 0.222. The van der Waals surface area contributed by atoms with Crippen molar-refractivity contribution in [3.8, 4) is 17.2 Å². The van der Waals surface area contributed by atoms with Crippen LogP contribution in [0.2, 0.25) is 5.02 Å². The van der Waals surface area contributed by atoms with Crippen LogP contribution >= 0.6 is 11.6 Å². The summed E-state index contributed by atoms with van der Waals surface area (Å²) in [6.45, 7) is 1.44. The Labute approximate surface area is 150 Å². The van der Waals surface area contributed by atoms with Crippen LogP contribution in [-0.2, 0) is 4.79 Å². The summed E-state index contributed by atoms with van der Waals surface area (Å²) in [6.07, 6.45) is 0.504. The number of hydrogen-bond acceptors (Lipinski definition) is 5. The zero-order valence-electron chi connectivity index (χ0n) is 14.0. The third kappa shape index (κ3) is 4.64. The van der Waals surface area contributed by atoms with Crippen molar-refractivity contribution in [3.63, 3.8) is 0 Å². The quantitative estimate of drug-likeness (QED) is 0.753. The van der Waals surface area contributed by atoms with E-state index in [1.807, 2.05) is 0 Å². The molecule has 0 bridgehead atoms. The Balaban J connectivity index is 2.42. The smallest absolute Gasteiger partial charge is 0.344 e. The van der Waals surface area contributed by atoms with Crippen LogP contribution < -0.4 is 14.2 Å². The van der Waals surface area contributed by atoms with Gasteiger partial charge in [0.15, 0.2) is 17.6 Å². The standard InChI is InChI=1S/C18H18ClNO5/c1-11(18(21)22)25-17-12(5-4-6-16(17)24-3)10-20-14-9-13(19)7-8-15(14)23-2/h4-11H,1-3H3,(H,21,22)/t11-/m0/s1. The molecular weight excluding hydrogens is 346 g/mol. The number of halogens is 1. The van der Waals surface area contributed by atoms with Crippen LogP contribution in [0.15, 0.2) is 41.4 Å². The Hall–Kier alpha value is -2.73. The summed E-state index contributed by atoms with van der Waals surface area (Å²) in [7, 11) is 3.02. The number of aliphatic carboxylic acids is 1. The maximum atomic E-state index is 11.1. The van der Waals surface area contributed by atoms with Gasteiger partial charge < -0.3 is 19.3 Å². The Morgan fingerprint density at radius 3 is 2.56 bits per heavy atom. The lowest BCUT2D eigenvalue weighted by molar-refractivity contribution is -0.144. The molecule has 2 rings (SSSR count). The highest BCUT2D eigenvalue weighted by Crippen LogP contribution is 2.33. The van der Waals surface area contributed by atoms with Gasteiger partial charge in [-0.2, -0.15) is 0 Å². The zero-order valence-corrected chi connectivity index (χ0v) is 14.8. The van der Waals surface area contributed by atoms with Gasteiger partial charge >= 0.3 is 5.97 Å². The lowest BCUT2D eigenvalue weighted by Gasteiger charge is -2.15. The van der Waals surface area contributed by atoms with Crippen molar-refractivity contribution in [2.24, 2.45) is 4.99 Å². The lowest BCUT2D eigenvalue weighted by Crippen LogP contribution is -2.23. The van der Waals surface area contributed by atoms with E-state index >= 15 is 0 Å². The molecule has 0 aliphatic carbocycles. The second-order valence-electron chi connectivity index (χ2n) is 5.05. The topological polar surface area (TPSA) is 77.3 Å². The van der Waals surface area contributed by atoms with Gasteiger partial charge in [-0.25, -0.2) is 4.79 Å². The lowest BCUT2D eigenvalue weighted by atomic mass is 10.2. The van der Waals surface area contributed by atoms with Crippen molar-refractivity contribution in [3.05, 3.63) is 47.0 Å². The zero-order chi connectivity index (χ0) is 18.4. The normalized spacial score (nSPS) is 12.0. The van der Waals surface area contributed by atoms with Gasteiger partial charge in [0.2, 0.25) is 0 Å². The van der Waals surface area contributed by atoms with E-state index in [1.54, 1.807) is 42.6 Å². The van der Waals surface area contributed by atoms with Gasteiger partial charge in [-0.3, -0.25) is 4.99 Å². The number of aliphatic imine (C=N–C) groups is 1. The summed E-state index contributed by atoms with van der Waals surface area (Å²) in [5, 5.41) is 9.60. The number of hydrogen-bond donors (Lipinski definition) is 1. The minimum Gasteiger partial charge on any atom is -0.494 e. The van der Waals surface area contributed by atoms with E-state index in [0.29, 0.717) is 33.5 Å². The fourth-order valence-electron chi connectivity index (χ4n) is 2.05. The van der Waals surface area contributed by atoms with Gasteiger partial charge in [-0.15, -0.1) is 0 Å². The summed E-state index contributed by atoms with van der Waals surface area (Å²) in [5.74, 6) is 0.190. The highest BCUT2D eigenvalue weighted by atomic mass is 35.5. The number of carboxylic acids is 1. The average Bonchev–Trinajstić information content (AvgIpc) is 2.60. The van der Waals surface area contributed by atoms with Crippen LogP contribution in [0.25, 0.3) is 0 Å². The molecule has 0 radical (unpaired) electrons. The number of rotatable bonds is 7. The first kappa shape index (κ1) is 18.6. The number of carbonyl (C=O) groups is 1. The Kier molecular flexibility index (Phi) is 6.25. The summed E-state index contributed by atoms with van der Waals surface area (Å²) in [6, 6.07) is 10.3. The van der Waals surface area contributed by atoms with Gasteiger partial charge in [0.05, 0.1) is 14.2 Å². The van der Waals surface area contributed by atoms with Crippen molar-refractivity contribution in [1.82, 2.24) is 0 Å². The summed E-state index contributed by atoms with van der Waals surface area (Å²) >= 11 is 6.00. The molecule has 25 heavy (non-hydrogen) atoms. The van der Waals surface area contributed by atoms with E-state index in [-0.39, 0.29) is 0 Å². The molecule has 0 fully saturated rings. The molecule has 0 aliphatic rings. The molecule has 0 amide bonds. The van der Waals surface area contributed by atoms with Crippen LogP contribution in [0.5, 0.6) is 17.2 Å². The molecule has 0 saturated heterocycles. The van der Waals surface area contributed by atoms with Crippen LogP contribution in [0.4, 0.5) is 5.69 Å². The van der Waals surface area contributed by atoms with E-state index in [1.165, 1.54) is 21.1 Å². The third-order valence-corrected chi connectivity index (χ3v) is 3.59. The molecule has 0 aliphatic heterocycles. The molecule has 2 aromatic carbocycles. The van der Waals surface area contributed by atoms with Crippen LogP contribution in [-0.4, -0.2) is 37.6 Å². The van der Waals surface area contributed by atoms with Crippen molar-refractivity contribution in [2.75, 3.05) is 14.2 Å². The molecule has 7 heteroatoms. The third-order valence-electron chi connectivity index (χ3n) is 3.36. The molecule has 6 nitrogen and oxygen atoms in total. The summed E-state index contributed by atoms with van der Waals surface area (Å²) in [4.78, 5) is 15.5. The van der Waals surface area contributed by atoms with Gasteiger partial charge in [0, 0.05) is 16.8 Å². The Bertz CT molecular complexity index is 791. The number of nitrogens with zero attached hydrogens (tertiary/aromatic N) is 1. The predicted molar refractivity (Wildman–Crippen MR) is 96.0 cm³/mol. The van der Waals surface area contributed by atoms with Gasteiger partial charge in [0.1, 0.15) is 11.4 Å². The minimum absolute atomic E-state index is 0.296. The first-order valence-electron chi connectivity index (χ1n) is 7.40. The first-order valence-corrected chi connectivity index (χ1v) is 7.78. The molecule has 0 heterocycles. The monoisotopic (exact) mass is 363 g/mol. The van der Waals surface area contributed by atoms with Crippen LogP contribution in [0.1, 0.15) is 12.5 Å². The van der Waals surface area contributed by atoms with Crippen molar-refractivity contribution in [1.29, 1.82) is 0 Å². The number of para-hydroxylation sites is 1. The SMILES string of the molecule is COc1ccc(Cl)cc1N=Cc1cccc(OC)c1O[C@@H](C)C(=O)O. The highest BCUT2D eigenvalue weighted by Gasteiger charge is 2.18. The van der Waals surface area contributed by atoms with E-state index in [2.05, 4.69) is 4.99 Å². The average molecular weight is 364 g/mol. The first-order chi connectivity index (χ1) is 12.0. The van der Waals surface area contributed by atoms with Crippen LogP contribution in [0.3, 0.4) is 0 Å². The molecule has 0 spiro atoms. The molecule has 0 unspecified atom stereocenters. The molecular formula is C18H18ClNO5. The van der Waals surface area contributed by atoms with Gasteiger partial charge in [0.25, 0.3) is 0 Å². The van der Waals surface area contributed by atoms with E-state index in [0.717, 1.165) is 0 Å². The number of methoxy groups -OCH3 is 2. The molecule has 0 saturated carbocycles. The van der Waals surface area contributed by atoms with Crippen LogP contribution in [0, 0.1) is 0 Å². The largest absolute Gasteiger partial charge is 0.494 e. The fourth-order valence-corrected chi connectivity index (χ4v) is 2.22.